The molecule has 1 unspecified atom stereocenters. The van der Waals surface area contributed by atoms with Gasteiger partial charge in [-0.05, 0) is 57.4 Å². The number of aromatic nitrogens is 2. The van der Waals surface area contributed by atoms with E-state index in [0.717, 1.165) is 22.2 Å². The van der Waals surface area contributed by atoms with Gasteiger partial charge in [-0.3, -0.25) is 0 Å². The van der Waals surface area contributed by atoms with Gasteiger partial charge < -0.3 is 15.0 Å². The van der Waals surface area contributed by atoms with Gasteiger partial charge in [0, 0.05) is 24.7 Å². The number of ether oxygens (including phenoxy) is 1. The standard InChI is InChI=1S/C28H32N4O4S/c1-27(2,3)36-26(33)30-23-18-31(19-23)24-15-21-12-14-32(25(21)29-17-24)37(34,35)28(4)13-8-11-22(16-28)20-9-6-5-7-10-20/h5-15,17,23H,16,18-19H2,1-4H3,(H,30,33). The summed E-state index contributed by atoms with van der Waals surface area (Å²) in [4.78, 5) is 18.6. The van der Waals surface area contributed by atoms with Gasteiger partial charge in [-0.15, -0.1) is 0 Å². The molecule has 3 aromatic rings. The van der Waals surface area contributed by atoms with E-state index in [9.17, 15) is 13.2 Å². The Morgan fingerprint density at radius 1 is 1.16 bits per heavy atom. The van der Waals surface area contributed by atoms with Crippen molar-refractivity contribution < 1.29 is 17.9 Å². The first-order chi connectivity index (χ1) is 17.5. The Labute approximate surface area is 217 Å². The Morgan fingerprint density at radius 2 is 1.89 bits per heavy atom. The number of carbonyl (C=O) groups excluding carboxylic acids is 1. The molecule has 0 spiro atoms. The van der Waals surface area contributed by atoms with Gasteiger partial charge in [-0.25, -0.2) is 22.2 Å². The predicted octanol–water partition coefficient (Wildman–Crippen LogP) is 4.73. The molecule has 1 N–H and O–H groups in total. The first-order valence-electron chi connectivity index (χ1n) is 12.4. The number of carbonyl (C=O) groups is 1. The fourth-order valence-electron chi connectivity index (χ4n) is 4.73. The lowest BCUT2D eigenvalue weighted by atomic mass is 9.90. The summed E-state index contributed by atoms with van der Waals surface area (Å²) < 4.78 is 33.3. The van der Waals surface area contributed by atoms with Crippen molar-refractivity contribution in [1.82, 2.24) is 14.3 Å². The maximum absolute atomic E-state index is 13.9. The second-order valence-corrected chi connectivity index (χ2v) is 13.2. The zero-order valence-electron chi connectivity index (χ0n) is 21.5. The number of anilines is 1. The summed E-state index contributed by atoms with van der Waals surface area (Å²) in [5, 5.41) is 3.61. The van der Waals surface area contributed by atoms with Gasteiger partial charge in [0.15, 0.2) is 5.65 Å². The Morgan fingerprint density at radius 3 is 2.59 bits per heavy atom. The van der Waals surface area contributed by atoms with Gasteiger partial charge in [0.05, 0.1) is 17.9 Å². The van der Waals surface area contributed by atoms with Gasteiger partial charge in [-0.1, -0.05) is 48.6 Å². The van der Waals surface area contributed by atoms with Crippen LogP contribution in [-0.4, -0.2) is 52.9 Å². The summed E-state index contributed by atoms with van der Waals surface area (Å²) in [6, 6.07) is 13.5. The normalized spacial score (nSPS) is 20.4. The molecule has 8 nitrogen and oxygen atoms in total. The Balaban J connectivity index is 1.31. The minimum atomic E-state index is -3.80. The lowest BCUT2D eigenvalue weighted by Gasteiger charge is -2.41. The molecule has 37 heavy (non-hydrogen) atoms. The van der Waals surface area contributed by atoms with Gasteiger partial charge in [0.25, 0.3) is 0 Å². The zero-order valence-corrected chi connectivity index (χ0v) is 22.3. The van der Waals surface area contributed by atoms with Crippen LogP contribution in [0.4, 0.5) is 10.5 Å². The maximum Gasteiger partial charge on any atom is 0.407 e. The van der Waals surface area contributed by atoms with Crippen molar-refractivity contribution in [2.45, 2.75) is 50.5 Å². The molecule has 1 saturated heterocycles. The van der Waals surface area contributed by atoms with Crippen molar-refractivity contribution in [3.8, 4) is 0 Å². The van der Waals surface area contributed by atoms with Crippen LogP contribution in [0.3, 0.4) is 0 Å². The summed E-state index contributed by atoms with van der Waals surface area (Å²) in [6.45, 7) is 8.50. The highest BCUT2D eigenvalue weighted by atomic mass is 32.2. The molecule has 1 atom stereocenters. The molecule has 9 heteroatoms. The molecular weight excluding hydrogens is 488 g/mol. The number of benzene rings is 1. The molecule has 3 heterocycles. The third-order valence-corrected chi connectivity index (χ3v) is 9.00. The van der Waals surface area contributed by atoms with Crippen LogP contribution in [0.5, 0.6) is 0 Å². The highest BCUT2D eigenvalue weighted by molar-refractivity contribution is 7.91. The third-order valence-electron chi connectivity index (χ3n) is 6.73. The van der Waals surface area contributed by atoms with E-state index in [0.29, 0.717) is 25.2 Å². The van der Waals surface area contributed by atoms with Crippen molar-refractivity contribution in [3.63, 3.8) is 0 Å². The molecule has 0 bridgehead atoms. The Hall–Kier alpha value is -3.59. The predicted molar refractivity (Wildman–Crippen MR) is 146 cm³/mol. The Bertz CT molecular complexity index is 1500. The highest BCUT2D eigenvalue weighted by Gasteiger charge is 2.41. The average molecular weight is 521 g/mol. The molecule has 0 radical (unpaired) electrons. The van der Waals surface area contributed by atoms with Crippen molar-refractivity contribution in [1.29, 1.82) is 0 Å². The van der Waals surface area contributed by atoms with Gasteiger partial charge in [-0.2, -0.15) is 0 Å². The van der Waals surface area contributed by atoms with E-state index in [1.165, 1.54) is 3.97 Å². The summed E-state index contributed by atoms with van der Waals surface area (Å²) in [6.07, 6.45) is 8.77. The van der Waals surface area contributed by atoms with E-state index in [2.05, 4.69) is 15.2 Å². The average Bonchev–Trinajstić information content (AvgIpc) is 3.24. The second kappa shape index (κ2) is 9.06. The number of fused-ring (bicyclic) bond motifs is 1. The number of nitrogens with one attached hydrogen (secondary N) is 1. The van der Waals surface area contributed by atoms with Crippen molar-refractivity contribution >= 4 is 38.4 Å². The van der Waals surface area contributed by atoms with Gasteiger partial charge >= 0.3 is 6.09 Å². The molecule has 2 aliphatic rings. The first kappa shape index (κ1) is 25.1. The quantitative estimate of drug-likeness (QED) is 0.523. The van der Waals surface area contributed by atoms with Gasteiger partial charge in [0.2, 0.25) is 10.0 Å². The fraction of sp³-hybridized carbons (Fsp3) is 0.357. The molecular formula is C28H32N4O4S. The van der Waals surface area contributed by atoms with Gasteiger partial charge in [0.1, 0.15) is 10.3 Å². The minimum Gasteiger partial charge on any atom is -0.444 e. The SMILES string of the molecule is CC(C)(C)OC(=O)NC1CN(c2cnc3c(ccn3S(=O)(=O)C3(C)C=CC=C(c4ccccc4)C3)c2)C1. The van der Waals surface area contributed by atoms with E-state index in [1.807, 2.05) is 69.3 Å². The summed E-state index contributed by atoms with van der Waals surface area (Å²) >= 11 is 0. The smallest absolute Gasteiger partial charge is 0.407 e. The molecule has 2 aromatic heterocycles. The van der Waals surface area contributed by atoms with E-state index in [1.54, 1.807) is 31.5 Å². The summed E-state index contributed by atoms with van der Waals surface area (Å²) in [7, 11) is -3.80. The first-order valence-corrected chi connectivity index (χ1v) is 13.8. The van der Waals surface area contributed by atoms with Crippen molar-refractivity contribution in [2.75, 3.05) is 18.0 Å². The number of amides is 1. The molecule has 1 fully saturated rings. The van der Waals surface area contributed by atoms with E-state index in [4.69, 9.17) is 4.74 Å². The number of pyridine rings is 1. The van der Waals surface area contributed by atoms with Crippen molar-refractivity contribution in [2.24, 2.45) is 0 Å². The fourth-order valence-corrected chi connectivity index (χ4v) is 6.37. The monoisotopic (exact) mass is 520 g/mol. The zero-order chi connectivity index (χ0) is 26.4. The topological polar surface area (TPSA) is 93.5 Å². The van der Waals surface area contributed by atoms with E-state index < -0.39 is 26.5 Å². The second-order valence-electron chi connectivity index (χ2n) is 10.9. The van der Waals surface area contributed by atoms with Crippen LogP contribution in [0.2, 0.25) is 0 Å². The van der Waals surface area contributed by atoms with Crippen LogP contribution < -0.4 is 10.2 Å². The number of hydrogen-bond donors (Lipinski definition) is 1. The van der Waals surface area contributed by atoms with Crippen LogP contribution >= 0.6 is 0 Å². The molecule has 1 amide bonds. The lowest BCUT2D eigenvalue weighted by molar-refractivity contribution is 0.0496. The van der Waals surface area contributed by atoms with E-state index in [-0.39, 0.29) is 6.04 Å². The molecule has 5 rings (SSSR count). The largest absolute Gasteiger partial charge is 0.444 e. The number of hydrogen-bond acceptors (Lipinski definition) is 6. The molecule has 0 saturated carbocycles. The third kappa shape index (κ3) is 4.87. The number of allylic oxidation sites excluding steroid dienone is 3. The summed E-state index contributed by atoms with van der Waals surface area (Å²) in [5.74, 6) is 0. The molecule has 1 aromatic carbocycles. The van der Waals surface area contributed by atoms with Crippen LogP contribution in [0, 0.1) is 0 Å². The highest BCUT2D eigenvalue weighted by Crippen LogP contribution is 2.37. The molecule has 1 aliphatic heterocycles. The lowest BCUT2D eigenvalue weighted by Crippen LogP contribution is -2.60. The molecule has 1 aliphatic carbocycles. The van der Waals surface area contributed by atoms with Crippen LogP contribution in [0.15, 0.2) is 73.1 Å². The summed E-state index contributed by atoms with van der Waals surface area (Å²) in [5.41, 5.74) is 2.73. The van der Waals surface area contributed by atoms with Crippen LogP contribution in [0.25, 0.3) is 16.6 Å². The Kier molecular flexibility index (Phi) is 6.14. The van der Waals surface area contributed by atoms with Crippen LogP contribution in [0.1, 0.15) is 39.7 Å². The number of nitrogens with zero attached hydrogens (tertiary/aromatic N) is 3. The number of rotatable bonds is 5. The minimum absolute atomic E-state index is 0.0135. The molecule has 194 valence electrons. The van der Waals surface area contributed by atoms with Crippen molar-refractivity contribution in [3.05, 3.63) is 78.6 Å². The van der Waals surface area contributed by atoms with E-state index >= 15 is 0 Å². The number of alkyl carbamates (subject to hydrolysis) is 1. The maximum atomic E-state index is 13.9. The van der Waals surface area contributed by atoms with Crippen LogP contribution in [-0.2, 0) is 14.8 Å².